The van der Waals surface area contributed by atoms with Crippen LogP contribution in [0, 0.1) is 12.8 Å². The summed E-state index contributed by atoms with van der Waals surface area (Å²) < 4.78 is 33.1. The van der Waals surface area contributed by atoms with Gasteiger partial charge < -0.3 is 19.9 Å². The van der Waals surface area contributed by atoms with Crippen molar-refractivity contribution in [1.82, 2.24) is 14.1 Å². The van der Waals surface area contributed by atoms with Crippen molar-refractivity contribution < 1.29 is 22.7 Å². The standard InChI is InChI=1S/C26H34N4O5S/c1-19-4-9-23(35-3)24(18-19)36(33,34)30-12-10-20(11-13-30)25(31)27-22-7-5-21(6-8-22)26(32)29-16-14-28(2)15-17-29/h4-9,18,20H,10-17H2,1-3H3,(H,27,31). The number of nitrogens with zero attached hydrogens (tertiary/aromatic N) is 3. The molecule has 0 atom stereocenters. The van der Waals surface area contributed by atoms with Crippen molar-refractivity contribution in [1.29, 1.82) is 0 Å². The van der Waals surface area contributed by atoms with Crippen molar-refractivity contribution in [3.05, 3.63) is 53.6 Å². The Balaban J connectivity index is 1.33. The van der Waals surface area contributed by atoms with Gasteiger partial charge in [0.1, 0.15) is 10.6 Å². The van der Waals surface area contributed by atoms with Gasteiger partial charge in [0.05, 0.1) is 7.11 Å². The van der Waals surface area contributed by atoms with Gasteiger partial charge in [-0.15, -0.1) is 0 Å². The smallest absolute Gasteiger partial charge is 0.253 e. The normalized spacial score (nSPS) is 18.1. The van der Waals surface area contributed by atoms with E-state index in [1.54, 1.807) is 36.4 Å². The van der Waals surface area contributed by atoms with Gasteiger partial charge in [0.15, 0.2) is 0 Å². The highest BCUT2D eigenvalue weighted by Crippen LogP contribution is 2.31. The Bertz CT molecular complexity index is 1200. The molecule has 9 nitrogen and oxygen atoms in total. The number of nitrogens with one attached hydrogen (secondary N) is 1. The number of piperazine rings is 1. The fourth-order valence-electron chi connectivity index (χ4n) is 4.62. The Morgan fingerprint density at radius 1 is 0.944 bits per heavy atom. The third-order valence-corrected chi connectivity index (χ3v) is 8.87. The van der Waals surface area contributed by atoms with Crippen LogP contribution in [0.2, 0.25) is 0 Å². The maximum atomic E-state index is 13.2. The number of carbonyl (C=O) groups excluding carboxylic acids is 2. The number of likely N-dealkylation sites (N-methyl/N-ethyl adjacent to an activating group) is 1. The molecule has 0 radical (unpaired) electrons. The van der Waals surface area contributed by atoms with Gasteiger partial charge in [0, 0.05) is 56.4 Å². The fraction of sp³-hybridized carbons (Fsp3) is 0.462. The molecule has 2 amide bonds. The van der Waals surface area contributed by atoms with E-state index in [1.165, 1.54) is 11.4 Å². The van der Waals surface area contributed by atoms with Crippen molar-refractivity contribution in [2.45, 2.75) is 24.7 Å². The number of carbonyl (C=O) groups is 2. The van der Waals surface area contributed by atoms with Crippen LogP contribution >= 0.6 is 0 Å². The van der Waals surface area contributed by atoms with Gasteiger partial charge in [0.25, 0.3) is 5.91 Å². The van der Waals surface area contributed by atoms with Crippen molar-refractivity contribution in [3.63, 3.8) is 0 Å². The predicted molar refractivity (Wildman–Crippen MR) is 138 cm³/mol. The number of hydrogen-bond donors (Lipinski definition) is 1. The van der Waals surface area contributed by atoms with Gasteiger partial charge in [-0.1, -0.05) is 6.07 Å². The molecule has 2 aliphatic rings. The summed E-state index contributed by atoms with van der Waals surface area (Å²) in [6.07, 6.45) is 0.859. The maximum absolute atomic E-state index is 13.2. The molecule has 0 aromatic heterocycles. The molecular formula is C26H34N4O5S. The molecule has 0 spiro atoms. The second-order valence-corrected chi connectivity index (χ2v) is 11.4. The number of hydrogen-bond acceptors (Lipinski definition) is 6. The number of rotatable bonds is 6. The van der Waals surface area contributed by atoms with E-state index in [0.29, 0.717) is 42.9 Å². The molecule has 0 unspecified atom stereocenters. The van der Waals surface area contributed by atoms with Crippen molar-refractivity contribution in [3.8, 4) is 5.75 Å². The number of sulfonamides is 1. The minimum Gasteiger partial charge on any atom is -0.495 e. The summed E-state index contributed by atoms with van der Waals surface area (Å²) >= 11 is 0. The lowest BCUT2D eigenvalue weighted by molar-refractivity contribution is -0.120. The Morgan fingerprint density at radius 3 is 2.19 bits per heavy atom. The van der Waals surface area contributed by atoms with Crippen LogP contribution in [0.15, 0.2) is 47.4 Å². The summed E-state index contributed by atoms with van der Waals surface area (Å²) in [6.45, 7) is 5.49. The maximum Gasteiger partial charge on any atom is 0.253 e. The van der Waals surface area contributed by atoms with E-state index in [1.807, 2.05) is 24.9 Å². The monoisotopic (exact) mass is 514 g/mol. The first-order valence-electron chi connectivity index (χ1n) is 12.2. The molecule has 2 aromatic carbocycles. The summed E-state index contributed by atoms with van der Waals surface area (Å²) in [5.41, 5.74) is 2.05. The molecule has 1 N–H and O–H groups in total. The number of anilines is 1. The van der Waals surface area contributed by atoms with Gasteiger partial charge in [0.2, 0.25) is 15.9 Å². The average molecular weight is 515 g/mol. The summed E-state index contributed by atoms with van der Waals surface area (Å²) in [5, 5.41) is 2.92. The Labute approximate surface area is 213 Å². The lowest BCUT2D eigenvalue weighted by Gasteiger charge is -2.32. The lowest BCUT2D eigenvalue weighted by Crippen LogP contribution is -2.47. The zero-order valence-corrected chi connectivity index (χ0v) is 21.9. The Kier molecular flexibility index (Phi) is 7.97. The molecule has 0 saturated carbocycles. The van der Waals surface area contributed by atoms with Crippen LogP contribution in [0.5, 0.6) is 5.75 Å². The summed E-state index contributed by atoms with van der Waals surface area (Å²) in [7, 11) is -0.224. The molecule has 2 aromatic rings. The van der Waals surface area contributed by atoms with Gasteiger partial charge >= 0.3 is 0 Å². The average Bonchev–Trinajstić information content (AvgIpc) is 2.89. The Morgan fingerprint density at radius 2 is 1.58 bits per heavy atom. The molecule has 0 aliphatic carbocycles. The fourth-order valence-corrected chi connectivity index (χ4v) is 6.33. The van der Waals surface area contributed by atoms with Gasteiger partial charge in [-0.2, -0.15) is 4.31 Å². The second-order valence-electron chi connectivity index (χ2n) is 9.49. The molecule has 36 heavy (non-hydrogen) atoms. The van der Waals surface area contributed by atoms with Crippen molar-refractivity contribution in [2.75, 3.05) is 58.7 Å². The summed E-state index contributed by atoms with van der Waals surface area (Å²) in [6, 6.07) is 12.0. The minimum atomic E-state index is -3.72. The van der Waals surface area contributed by atoms with E-state index in [-0.39, 0.29) is 35.7 Å². The van der Waals surface area contributed by atoms with E-state index in [9.17, 15) is 18.0 Å². The first-order chi connectivity index (χ1) is 17.2. The van der Waals surface area contributed by atoms with E-state index in [2.05, 4.69) is 10.2 Å². The van der Waals surface area contributed by atoms with Crippen LogP contribution in [0.25, 0.3) is 0 Å². The van der Waals surface area contributed by atoms with E-state index < -0.39 is 10.0 Å². The van der Waals surface area contributed by atoms with Crippen LogP contribution in [0.4, 0.5) is 5.69 Å². The largest absolute Gasteiger partial charge is 0.495 e. The third kappa shape index (κ3) is 5.71. The molecule has 0 bridgehead atoms. The molecule has 194 valence electrons. The quantitative estimate of drug-likeness (QED) is 0.636. The Hall–Kier alpha value is -2.95. The van der Waals surface area contributed by atoms with Gasteiger partial charge in [-0.25, -0.2) is 8.42 Å². The highest BCUT2D eigenvalue weighted by molar-refractivity contribution is 7.89. The molecular weight excluding hydrogens is 480 g/mol. The number of amides is 2. The topological polar surface area (TPSA) is 99.3 Å². The van der Waals surface area contributed by atoms with E-state index >= 15 is 0 Å². The predicted octanol–water partition coefficient (Wildman–Crippen LogP) is 2.43. The van der Waals surface area contributed by atoms with Crippen LogP contribution < -0.4 is 10.1 Å². The molecule has 10 heteroatoms. The number of piperidine rings is 1. The lowest BCUT2D eigenvalue weighted by atomic mass is 9.97. The summed E-state index contributed by atoms with van der Waals surface area (Å²) in [5.74, 6) is -0.115. The van der Waals surface area contributed by atoms with Crippen LogP contribution in [0.1, 0.15) is 28.8 Å². The van der Waals surface area contributed by atoms with E-state index in [4.69, 9.17) is 4.74 Å². The van der Waals surface area contributed by atoms with Crippen molar-refractivity contribution in [2.24, 2.45) is 5.92 Å². The SMILES string of the molecule is COc1ccc(C)cc1S(=O)(=O)N1CCC(C(=O)Nc2ccc(C(=O)N3CCN(C)CC3)cc2)CC1. The number of aryl methyl sites for hydroxylation is 1. The zero-order valence-electron chi connectivity index (χ0n) is 21.1. The number of methoxy groups -OCH3 is 1. The minimum absolute atomic E-state index is 0.000187. The highest BCUT2D eigenvalue weighted by Gasteiger charge is 2.34. The van der Waals surface area contributed by atoms with Crippen LogP contribution in [-0.2, 0) is 14.8 Å². The molecule has 2 aliphatic heterocycles. The number of ether oxygens (including phenoxy) is 1. The van der Waals surface area contributed by atoms with Crippen LogP contribution in [0.3, 0.4) is 0 Å². The molecule has 2 saturated heterocycles. The molecule has 2 heterocycles. The zero-order chi connectivity index (χ0) is 25.9. The second kappa shape index (κ2) is 11.0. The van der Waals surface area contributed by atoms with Crippen LogP contribution in [-0.4, -0.2) is 87.8 Å². The third-order valence-electron chi connectivity index (χ3n) is 6.95. The van der Waals surface area contributed by atoms with Gasteiger partial charge in [-0.3, -0.25) is 9.59 Å². The molecule has 2 fully saturated rings. The number of benzene rings is 2. The van der Waals surface area contributed by atoms with E-state index in [0.717, 1.165) is 18.7 Å². The van der Waals surface area contributed by atoms with Gasteiger partial charge in [-0.05, 0) is 68.8 Å². The summed E-state index contributed by atoms with van der Waals surface area (Å²) in [4.78, 5) is 29.8. The highest BCUT2D eigenvalue weighted by atomic mass is 32.2. The molecule has 4 rings (SSSR count). The first kappa shape index (κ1) is 26.1. The first-order valence-corrected chi connectivity index (χ1v) is 13.7. The van der Waals surface area contributed by atoms with Crippen molar-refractivity contribution >= 4 is 27.5 Å².